The molecule has 2 amide bonds. The molecular weight excluding hydrogens is 478 g/mol. The van der Waals surface area contributed by atoms with Crippen molar-refractivity contribution in [3.63, 3.8) is 0 Å². The van der Waals surface area contributed by atoms with Crippen LogP contribution in [0.15, 0.2) is 23.1 Å². The standard InChI is InChI=1S/C22H31N5O7S/c1-13-19(20(32-7)25-26(13)6)35(30,31)27-12-16(11-23-14(2)28)33-18-9-8-15(10-17(18)27)24-21(29)34-22(3,4)5/h8-10,16H,11-12H2,1-7H3,(H,23,28)(H,24,29). The highest BCUT2D eigenvalue weighted by Crippen LogP contribution is 2.41. The maximum absolute atomic E-state index is 13.9. The smallest absolute Gasteiger partial charge is 0.412 e. The molecule has 0 spiro atoms. The molecule has 1 aliphatic rings. The number of nitrogens with one attached hydrogen (secondary N) is 2. The Morgan fingerprint density at radius 3 is 2.57 bits per heavy atom. The third-order valence-electron chi connectivity index (χ3n) is 5.11. The first-order chi connectivity index (χ1) is 16.2. The molecule has 1 aromatic carbocycles. The number of aromatic nitrogens is 2. The minimum Gasteiger partial charge on any atom is -0.484 e. The van der Waals surface area contributed by atoms with Crippen molar-refractivity contribution in [3.05, 3.63) is 23.9 Å². The Balaban J connectivity index is 2.06. The van der Waals surface area contributed by atoms with E-state index in [1.54, 1.807) is 46.9 Å². The van der Waals surface area contributed by atoms with Crippen molar-refractivity contribution in [1.82, 2.24) is 15.1 Å². The summed E-state index contributed by atoms with van der Waals surface area (Å²) in [5, 5.41) is 9.41. The van der Waals surface area contributed by atoms with Crippen LogP contribution >= 0.6 is 0 Å². The Labute approximate surface area is 204 Å². The van der Waals surface area contributed by atoms with Gasteiger partial charge in [-0.25, -0.2) is 13.2 Å². The highest BCUT2D eigenvalue weighted by atomic mass is 32.2. The number of nitrogens with zero attached hydrogens (tertiary/aromatic N) is 3. The molecular formula is C22H31N5O7S. The van der Waals surface area contributed by atoms with Crippen LogP contribution in [0.3, 0.4) is 0 Å². The minimum atomic E-state index is -4.19. The van der Waals surface area contributed by atoms with Crippen LogP contribution in [0.2, 0.25) is 0 Å². The summed E-state index contributed by atoms with van der Waals surface area (Å²) in [6.45, 7) is 8.20. The summed E-state index contributed by atoms with van der Waals surface area (Å²) in [7, 11) is -1.22. The largest absolute Gasteiger partial charge is 0.484 e. The fourth-order valence-corrected chi connectivity index (χ4v) is 5.34. The number of amides is 2. The molecule has 1 atom stereocenters. The van der Waals surface area contributed by atoms with Crippen molar-refractivity contribution in [3.8, 4) is 11.6 Å². The van der Waals surface area contributed by atoms with Crippen LogP contribution in [0.5, 0.6) is 11.6 Å². The third-order valence-corrected chi connectivity index (χ3v) is 7.02. The van der Waals surface area contributed by atoms with E-state index in [-0.39, 0.29) is 41.2 Å². The van der Waals surface area contributed by atoms with E-state index in [1.807, 2.05) is 0 Å². The summed E-state index contributed by atoms with van der Waals surface area (Å²) >= 11 is 0. The predicted molar refractivity (Wildman–Crippen MR) is 128 cm³/mol. The fourth-order valence-electron chi connectivity index (χ4n) is 3.50. The average Bonchev–Trinajstić information content (AvgIpc) is 3.04. The first-order valence-corrected chi connectivity index (χ1v) is 12.3. The summed E-state index contributed by atoms with van der Waals surface area (Å²) < 4.78 is 46.9. The minimum absolute atomic E-state index is 0.0421. The molecule has 3 rings (SSSR count). The number of anilines is 2. The molecule has 192 valence electrons. The van der Waals surface area contributed by atoms with Crippen LogP contribution in [0.4, 0.5) is 16.2 Å². The second kappa shape index (κ2) is 9.64. The summed E-state index contributed by atoms with van der Waals surface area (Å²) in [4.78, 5) is 23.6. The summed E-state index contributed by atoms with van der Waals surface area (Å²) in [5.74, 6) is -0.0413. The third kappa shape index (κ3) is 5.78. The van der Waals surface area contributed by atoms with Crippen molar-refractivity contribution in [2.75, 3.05) is 29.8 Å². The van der Waals surface area contributed by atoms with Gasteiger partial charge in [-0.15, -0.1) is 5.10 Å². The van der Waals surface area contributed by atoms with Gasteiger partial charge in [0, 0.05) is 19.7 Å². The number of carbonyl (C=O) groups is 2. The van der Waals surface area contributed by atoms with Crippen molar-refractivity contribution in [2.24, 2.45) is 7.05 Å². The first kappa shape index (κ1) is 26.1. The number of methoxy groups -OCH3 is 1. The average molecular weight is 510 g/mol. The van der Waals surface area contributed by atoms with Gasteiger partial charge in [-0.2, -0.15) is 0 Å². The van der Waals surface area contributed by atoms with Crippen LogP contribution in [0, 0.1) is 6.92 Å². The molecule has 0 bridgehead atoms. The lowest BCUT2D eigenvalue weighted by atomic mass is 10.2. The fraction of sp³-hybridized carbons (Fsp3) is 0.500. The molecule has 0 radical (unpaired) electrons. The number of fused-ring (bicyclic) bond motifs is 1. The van der Waals surface area contributed by atoms with E-state index in [9.17, 15) is 18.0 Å². The van der Waals surface area contributed by atoms with Gasteiger partial charge in [-0.1, -0.05) is 0 Å². The zero-order chi connectivity index (χ0) is 26.1. The van der Waals surface area contributed by atoms with E-state index in [1.165, 1.54) is 29.1 Å². The molecule has 2 N–H and O–H groups in total. The van der Waals surface area contributed by atoms with Crippen LogP contribution < -0.4 is 24.4 Å². The van der Waals surface area contributed by atoms with E-state index < -0.39 is 27.8 Å². The lowest BCUT2D eigenvalue weighted by molar-refractivity contribution is -0.119. The highest BCUT2D eigenvalue weighted by Gasteiger charge is 2.39. The molecule has 0 fully saturated rings. The lowest BCUT2D eigenvalue weighted by Gasteiger charge is -2.35. The SMILES string of the molecule is COc1nn(C)c(C)c1S(=O)(=O)N1CC(CNC(C)=O)Oc2ccc(NC(=O)OC(C)(C)C)cc21. The number of ether oxygens (including phenoxy) is 3. The number of rotatable bonds is 6. The number of hydrogen-bond donors (Lipinski definition) is 2. The molecule has 1 aliphatic heterocycles. The van der Waals surface area contributed by atoms with Crippen LogP contribution in [0.25, 0.3) is 0 Å². The van der Waals surface area contributed by atoms with E-state index in [0.717, 1.165) is 0 Å². The van der Waals surface area contributed by atoms with Crippen LogP contribution in [0.1, 0.15) is 33.4 Å². The second-order valence-corrected chi connectivity index (χ2v) is 10.9. The molecule has 1 aromatic heterocycles. The molecule has 13 heteroatoms. The Morgan fingerprint density at radius 2 is 1.97 bits per heavy atom. The van der Waals surface area contributed by atoms with E-state index in [0.29, 0.717) is 11.4 Å². The van der Waals surface area contributed by atoms with Gasteiger partial charge in [0.05, 0.1) is 31.6 Å². The van der Waals surface area contributed by atoms with Crippen molar-refractivity contribution >= 4 is 33.4 Å². The molecule has 0 saturated carbocycles. The Bertz CT molecular complexity index is 1230. The molecule has 1 unspecified atom stereocenters. The lowest BCUT2D eigenvalue weighted by Crippen LogP contribution is -2.48. The number of hydrogen-bond acceptors (Lipinski definition) is 8. The van der Waals surface area contributed by atoms with E-state index in [4.69, 9.17) is 14.2 Å². The molecule has 0 aliphatic carbocycles. The number of benzene rings is 1. The maximum Gasteiger partial charge on any atom is 0.412 e. The van der Waals surface area contributed by atoms with Crippen molar-refractivity contribution in [1.29, 1.82) is 0 Å². The topological polar surface area (TPSA) is 141 Å². The van der Waals surface area contributed by atoms with Gasteiger partial charge in [-0.05, 0) is 45.9 Å². The van der Waals surface area contributed by atoms with Gasteiger partial charge >= 0.3 is 6.09 Å². The van der Waals surface area contributed by atoms with Gasteiger partial charge in [0.2, 0.25) is 5.91 Å². The number of sulfonamides is 1. The number of aryl methyl sites for hydroxylation is 1. The van der Waals surface area contributed by atoms with Gasteiger partial charge < -0.3 is 19.5 Å². The Hall–Kier alpha value is -3.48. The summed E-state index contributed by atoms with van der Waals surface area (Å²) in [6, 6.07) is 4.62. The second-order valence-electron chi connectivity index (χ2n) is 9.07. The van der Waals surface area contributed by atoms with E-state index in [2.05, 4.69) is 15.7 Å². The van der Waals surface area contributed by atoms with Gasteiger partial charge in [0.15, 0.2) is 4.90 Å². The predicted octanol–water partition coefficient (Wildman–Crippen LogP) is 2.18. The Morgan fingerprint density at radius 1 is 1.29 bits per heavy atom. The zero-order valence-electron chi connectivity index (χ0n) is 20.8. The van der Waals surface area contributed by atoms with E-state index >= 15 is 0 Å². The van der Waals surface area contributed by atoms with Crippen molar-refractivity contribution in [2.45, 2.75) is 51.2 Å². The van der Waals surface area contributed by atoms with Crippen LogP contribution in [-0.2, 0) is 26.6 Å². The van der Waals surface area contributed by atoms with Gasteiger partial charge in [0.1, 0.15) is 17.5 Å². The Kier molecular flexibility index (Phi) is 7.20. The molecule has 2 heterocycles. The first-order valence-electron chi connectivity index (χ1n) is 10.9. The molecule has 2 aromatic rings. The van der Waals surface area contributed by atoms with Crippen LogP contribution in [-0.4, -0.2) is 62.1 Å². The normalized spacial score (nSPS) is 15.6. The van der Waals surface area contributed by atoms with Gasteiger partial charge in [-0.3, -0.25) is 19.1 Å². The van der Waals surface area contributed by atoms with Crippen molar-refractivity contribution < 1.29 is 32.2 Å². The molecule has 0 saturated heterocycles. The summed E-state index contributed by atoms with van der Waals surface area (Å²) in [5.41, 5.74) is 0.207. The quantitative estimate of drug-likeness (QED) is 0.604. The van der Waals surface area contributed by atoms with Gasteiger partial charge in [0.25, 0.3) is 15.9 Å². The highest BCUT2D eigenvalue weighted by molar-refractivity contribution is 7.93. The summed E-state index contributed by atoms with van der Waals surface area (Å²) in [6.07, 6.45) is -1.34. The zero-order valence-corrected chi connectivity index (χ0v) is 21.6. The molecule has 35 heavy (non-hydrogen) atoms. The number of carbonyl (C=O) groups excluding carboxylic acids is 2. The molecule has 12 nitrogen and oxygen atoms in total. The maximum atomic E-state index is 13.9. The monoisotopic (exact) mass is 509 g/mol.